The smallest absolute Gasteiger partial charge is 0.0643 e. The average molecular weight is 297 g/mol. The molecule has 0 saturated carbocycles. The second kappa shape index (κ2) is 6.33. The van der Waals surface area contributed by atoms with Gasteiger partial charge in [-0.15, -0.1) is 0 Å². The lowest BCUT2D eigenvalue weighted by Gasteiger charge is -2.30. The summed E-state index contributed by atoms with van der Waals surface area (Å²) in [6.07, 6.45) is 2.15. The molecule has 20 heavy (non-hydrogen) atoms. The zero-order valence-corrected chi connectivity index (χ0v) is 13.4. The van der Waals surface area contributed by atoms with Crippen LogP contribution in [-0.2, 0) is 6.54 Å². The maximum Gasteiger partial charge on any atom is 0.0643 e. The summed E-state index contributed by atoms with van der Waals surface area (Å²) >= 11 is 6.43. The molecule has 2 rings (SSSR count). The van der Waals surface area contributed by atoms with Crippen molar-refractivity contribution in [1.29, 1.82) is 0 Å². The highest BCUT2D eigenvalue weighted by Crippen LogP contribution is 2.35. The van der Waals surface area contributed by atoms with Gasteiger partial charge in [0.1, 0.15) is 0 Å². The van der Waals surface area contributed by atoms with Gasteiger partial charge < -0.3 is 15.3 Å². The zero-order chi connectivity index (χ0) is 14.8. The quantitative estimate of drug-likeness (QED) is 0.896. The van der Waals surface area contributed by atoms with Gasteiger partial charge in [0, 0.05) is 18.6 Å². The van der Waals surface area contributed by atoms with Crippen LogP contribution in [0.2, 0.25) is 5.02 Å². The summed E-state index contributed by atoms with van der Waals surface area (Å²) in [5.41, 5.74) is 2.36. The van der Waals surface area contributed by atoms with Gasteiger partial charge in [0.05, 0.1) is 23.4 Å². The lowest BCUT2D eigenvalue weighted by Crippen LogP contribution is -2.37. The Morgan fingerprint density at radius 1 is 1.40 bits per heavy atom. The van der Waals surface area contributed by atoms with E-state index in [0.29, 0.717) is 0 Å². The molecule has 1 aliphatic heterocycles. The number of para-hydroxylation sites is 1. The Kier molecular flexibility index (Phi) is 4.95. The molecule has 1 aromatic rings. The molecular weight excluding hydrogens is 272 g/mol. The van der Waals surface area contributed by atoms with Crippen molar-refractivity contribution in [1.82, 2.24) is 5.32 Å². The average Bonchev–Trinajstić information content (AvgIpc) is 2.83. The van der Waals surface area contributed by atoms with Crippen LogP contribution in [0.5, 0.6) is 0 Å². The lowest BCUT2D eigenvalue weighted by atomic mass is 10.1. The van der Waals surface area contributed by atoms with Gasteiger partial charge in [-0.25, -0.2) is 0 Å². The van der Waals surface area contributed by atoms with Crippen molar-refractivity contribution in [2.45, 2.75) is 51.7 Å². The number of nitrogens with one attached hydrogen (secondary N) is 1. The highest BCUT2D eigenvalue weighted by Gasteiger charge is 2.27. The third-order valence-corrected chi connectivity index (χ3v) is 4.06. The molecule has 0 amide bonds. The number of rotatable bonds is 4. The van der Waals surface area contributed by atoms with Gasteiger partial charge in [0.25, 0.3) is 0 Å². The van der Waals surface area contributed by atoms with Crippen molar-refractivity contribution < 1.29 is 5.11 Å². The van der Waals surface area contributed by atoms with E-state index < -0.39 is 0 Å². The molecule has 3 nitrogen and oxygen atoms in total. The molecule has 1 aliphatic rings. The Morgan fingerprint density at radius 3 is 2.80 bits per heavy atom. The summed E-state index contributed by atoms with van der Waals surface area (Å²) in [6.45, 7) is 8.42. The molecule has 0 aromatic heterocycles. The van der Waals surface area contributed by atoms with Crippen LogP contribution in [0.15, 0.2) is 18.2 Å². The van der Waals surface area contributed by atoms with E-state index in [1.807, 2.05) is 12.1 Å². The topological polar surface area (TPSA) is 35.5 Å². The normalized spacial score (nSPS) is 19.6. The van der Waals surface area contributed by atoms with Gasteiger partial charge >= 0.3 is 0 Å². The Morgan fingerprint density at radius 2 is 2.15 bits per heavy atom. The summed E-state index contributed by atoms with van der Waals surface area (Å²) in [4.78, 5) is 2.27. The number of hydrogen-bond donors (Lipinski definition) is 2. The van der Waals surface area contributed by atoms with Gasteiger partial charge in [-0.1, -0.05) is 23.7 Å². The third-order valence-electron chi connectivity index (χ3n) is 3.75. The van der Waals surface area contributed by atoms with Crippen LogP contribution in [0.25, 0.3) is 0 Å². The summed E-state index contributed by atoms with van der Waals surface area (Å²) in [7, 11) is 0. The molecule has 0 spiro atoms. The number of nitrogens with zero attached hydrogens (tertiary/aromatic N) is 1. The van der Waals surface area contributed by atoms with Crippen LogP contribution in [-0.4, -0.2) is 29.8 Å². The number of halogens is 1. The van der Waals surface area contributed by atoms with Crippen LogP contribution < -0.4 is 10.2 Å². The standard InChI is InChI=1S/C16H25ClN2O/c1-16(2,3)18-10-12-6-4-8-14(17)15(12)19-9-5-7-13(19)11-20/h4,6,8,13,18,20H,5,7,9-11H2,1-3H3. The number of benzene rings is 1. The van der Waals surface area contributed by atoms with E-state index in [2.05, 4.69) is 37.1 Å². The first-order valence-corrected chi connectivity index (χ1v) is 7.70. The van der Waals surface area contributed by atoms with Gasteiger partial charge in [0.15, 0.2) is 0 Å². The van der Waals surface area contributed by atoms with Crippen molar-refractivity contribution in [3.63, 3.8) is 0 Å². The second-order valence-corrected chi connectivity index (χ2v) is 6.93. The molecule has 0 aliphatic carbocycles. The molecule has 0 bridgehead atoms. The van der Waals surface area contributed by atoms with Crippen molar-refractivity contribution in [2.24, 2.45) is 0 Å². The van der Waals surface area contributed by atoms with Gasteiger partial charge in [-0.3, -0.25) is 0 Å². The summed E-state index contributed by atoms with van der Waals surface area (Å²) < 4.78 is 0. The first-order chi connectivity index (χ1) is 9.42. The Labute approximate surface area is 126 Å². The molecule has 2 N–H and O–H groups in total. The Bertz CT molecular complexity index is 456. The SMILES string of the molecule is CC(C)(C)NCc1cccc(Cl)c1N1CCCC1CO. The monoisotopic (exact) mass is 296 g/mol. The fourth-order valence-electron chi connectivity index (χ4n) is 2.70. The number of anilines is 1. The first-order valence-electron chi connectivity index (χ1n) is 7.32. The molecule has 1 saturated heterocycles. The number of aliphatic hydroxyl groups is 1. The number of aliphatic hydroxyl groups excluding tert-OH is 1. The van der Waals surface area contributed by atoms with Crippen LogP contribution >= 0.6 is 11.6 Å². The fourth-order valence-corrected chi connectivity index (χ4v) is 3.01. The number of hydrogen-bond acceptors (Lipinski definition) is 3. The van der Waals surface area contributed by atoms with E-state index in [0.717, 1.165) is 36.6 Å². The minimum absolute atomic E-state index is 0.0704. The highest BCUT2D eigenvalue weighted by atomic mass is 35.5. The van der Waals surface area contributed by atoms with Crippen LogP contribution in [0, 0.1) is 0 Å². The Hall–Kier alpha value is -0.770. The van der Waals surface area contributed by atoms with E-state index in [4.69, 9.17) is 11.6 Å². The molecule has 4 heteroatoms. The predicted molar refractivity (Wildman–Crippen MR) is 85.5 cm³/mol. The lowest BCUT2D eigenvalue weighted by molar-refractivity contribution is 0.266. The van der Waals surface area contributed by atoms with E-state index in [-0.39, 0.29) is 18.2 Å². The maximum absolute atomic E-state index is 9.54. The van der Waals surface area contributed by atoms with E-state index in [1.165, 1.54) is 5.56 Å². The van der Waals surface area contributed by atoms with Gasteiger partial charge in [0.2, 0.25) is 0 Å². The molecule has 1 fully saturated rings. The maximum atomic E-state index is 9.54. The van der Waals surface area contributed by atoms with E-state index in [9.17, 15) is 5.11 Å². The van der Waals surface area contributed by atoms with Crippen molar-refractivity contribution in [3.05, 3.63) is 28.8 Å². The fraction of sp³-hybridized carbons (Fsp3) is 0.625. The first kappa shape index (κ1) is 15.6. The molecule has 1 unspecified atom stereocenters. The van der Waals surface area contributed by atoms with E-state index >= 15 is 0 Å². The molecule has 0 radical (unpaired) electrons. The minimum Gasteiger partial charge on any atom is -0.394 e. The summed E-state index contributed by atoms with van der Waals surface area (Å²) in [5.74, 6) is 0. The zero-order valence-electron chi connectivity index (χ0n) is 12.6. The van der Waals surface area contributed by atoms with Crippen molar-refractivity contribution in [2.75, 3.05) is 18.1 Å². The third kappa shape index (κ3) is 3.66. The summed E-state index contributed by atoms with van der Waals surface area (Å²) in [5, 5.41) is 13.8. The Balaban J connectivity index is 2.26. The predicted octanol–water partition coefficient (Wildman–Crippen LogP) is 3.19. The van der Waals surface area contributed by atoms with Gasteiger partial charge in [-0.05, 0) is 45.2 Å². The molecular formula is C16H25ClN2O. The highest BCUT2D eigenvalue weighted by molar-refractivity contribution is 6.33. The second-order valence-electron chi connectivity index (χ2n) is 6.52. The van der Waals surface area contributed by atoms with Crippen LogP contribution in [0.1, 0.15) is 39.2 Å². The molecule has 1 aromatic carbocycles. The van der Waals surface area contributed by atoms with Crippen LogP contribution in [0.4, 0.5) is 5.69 Å². The van der Waals surface area contributed by atoms with Crippen molar-refractivity contribution in [3.8, 4) is 0 Å². The molecule has 1 atom stereocenters. The van der Waals surface area contributed by atoms with Crippen molar-refractivity contribution >= 4 is 17.3 Å². The minimum atomic E-state index is 0.0704. The molecule has 1 heterocycles. The largest absolute Gasteiger partial charge is 0.394 e. The molecule has 112 valence electrons. The van der Waals surface area contributed by atoms with Gasteiger partial charge in [-0.2, -0.15) is 0 Å². The summed E-state index contributed by atoms with van der Waals surface area (Å²) in [6, 6.07) is 6.25. The van der Waals surface area contributed by atoms with E-state index in [1.54, 1.807) is 0 Å². The van der Waals surface area contributed by atoms with Crippen LogP contribution in [0.3, 0.4) is 0 Å².